The predicted octanol–water partition coefficient (Wildman–Crippen LogP) is 3.84. The lowest BCUT2D eigenvalue weighted by Crippen LogP contribution is -2.25. The lowest BCUT2D eigenvalue weighted by molar-refractivity contribution is 0.195. The third-order valence-corrected chi connectivity index (χ3v) is 4.96. The number of hydrogen-bond acceptors (Lipinski definition) is 4. The molecule has 0 fully saturated rings. The summed E-state index contributed by atoms with van der Waals surface area (Å²) in [6.07, 6.45) is 0. The minimum Gasteiger partial charge on any atom is -0.477 e. The second-order valence-corrected chi connectivity index (χ2v) is 7.70. The summed E-state index contributed by atoms with van der Waals surface area (Å²) < 4.78 is 15.9. The van der Waals surface area contributed by atoms with Crippen molar-refractivity contribution in [1.29, 1.82) is 0 Å². The summed E-state index contributed by atoms with van der Waals surface area (Å²) in [4.78, 5) is 0. The highest BCUT2D eigenvalue weighted by atomic mass is 127. The zero-order chi connectivity index (χ0) is 13.7. The Morgan fingerprint density at radius 2 is 1.20 bits per heavy atom. The average molecular weight is 494 g/mol. The molecule has 6 heteroatoms. The van der Waals surface area contributed by atoms with Crippen molar-refractivity contribution in [3.8, 4) is 11.5 Å². The van der Waals surface area contributed by atoms with Crippen molar-refractivity contribution in [2.45, 2.75) is 13.1 Å². The molecule has 0 aliphatic carbocycles. The molecule has 0 unspecified atom stereocenters. The van der Waals surface area contributed by atoms with Crippen LogP contribution in [0.15, 0.2) is 24.3 Å². The summed E-state index contributed by atoms with van der Waals surface area (Å²) in [6, 6.07) is 8.51. The predicted molar refractivity (Wildman–Crippen MR) is 94.1 cm³/mol. The van der Waals surface area contributed by atoms with Crippen LogP contribution in [0.2, 0.25) is 0 Å². The molecular formula is C14H12I2N2O2. The fraction of sp³-hybridized carbons (Fsp3) is 0.286. The van der Waals surface area contributed by atoms with Gasteiger partial charge in [-0.15, -0.1) is 0 Å². The fourth-order valence-electron chi connectivity index (χ4n) is 2.80. The second kappa shape index (κ2) is 5.15. The third-order valence-electron chi connectivity index (χ3n) is 3.72. The molecule has 2 aliphatic heterocycles. The molecule has 0 spiro atoms. The number of rotatable bonds is 0. The van der Waals surface area contributed by atoms with Gasteiger partial charge < -0.3 is 9.47 Å². The Morgan fingerprint density at radius 1 is 0.750 bits per heavy atom. The minimum atomic E-state index is 0.647. The Bertz CT molecular complexity index is 633. The third kappa shape index (κ3) is 2.16. The smallest absolute Gasteiger partial charge is 0.150 e. The molecule has 0 N–H and O–H groups in total. The molecule has 0 amide bonds. The summed E-state index contributed by atoms with van der Waals surface area (Å²) in [5.41, 5.74) is 2.55. The molecule has 104 valence electrons. The molecule has 4 rings (SSSR count). The maximum Gasteiger partial charge on any atom is 0.150 e. The van der Waals surface area contributed by atoms with Crippen LogP contribution in [0.3, 0.4) is 0 Å². The maximum absolute atomic E-state index is 5.78. The van der Waals surface area contributed by atoms with Crippen LogP contribution in [-0.2, 0) is 13.1 Å². The van der Waals surface area contributed by atoms with E-state index in [9.17, 15) is 0 Å². The van der Waals surface area contributed by atoms with E-state index in [1.54, 1.807) is 0 Å². The summed E-state index contributed by atoms with van der Waals surface area (Å²) >= 11 is 4.61. The van der Waals surface area contributed by atoms with Crippen molar-refractivity contribution in [1.82, 2.24) is 6.23 Å². The zero-order valence-electron chi connectivity index (χ0n) is 10.6. The Labute approximate surface area is 145 Å². The number of fused-ring (bicyclic) bond motifs is 5. The van der Waals surface area contributed by atoms with E-state index in [-0.39, 0.29) is 0 Å². The van der Waals surface area contributed by atoms with Crippen LogP contribution in [-0.4, -0.2) is 19.7 Å². The van der Waals surface area contributed by atoms with Crippen molar-refractivity contribution >= 4 is 56.5 Å². The van der Waals surface area contributed by atoms with Gasteiger partial charge in [-0.25, -0.2) is 6.23 Å². The Morgan fingerprint density at radius 3 is 1.65 bits per heavy atom. The maximum atomic E-state index is 5.78. The lowest BCUT2D eigenvalue weighted by atomic mass is 9.97. The van der Waals surface area contributed by atoms with Gasteiger partial charge in [-0.1, -0.05) is 12.1 Å². The number of halogens is 2. The van der Waals surface area contributed by atoms with Crippen molar-refractivity contribution in [3.05, 3.63) is 35.4 Å². The quantitative estimate of drug-likeness (QED) is 0.411. The standard InChI is InChI=1S/C14H12I2N2O2/c15-17-5-11-9-1-3-13-12(6-18(16)7-19-13)10(9)2-4-14(11)20-8-17/h1-4H,5-8H2. The fourth-order valence-corrected chi connectivity index (χ4v) is 3.76. The molecule has 0 atom stereocenters. The summed E-state index contributed by atoms with van der Waals surface area (Å²) in [5, 5.41) is 2.55. The highest BCUT2D eigenvalue weighted by molar-refractivity contribution is 14.1. The van der Waals surface area contributed by atoms with E-state index in [1.165, 1.54) is 21.9 Å². The molecule has 2 aromatic carbocycles. The molecule has 0 radical (unpaired) electrons. The van der Waals surface area contributed by atoms with Gasteiger partial charge in [0, 0.05) is 69.9 Å². The van der Waals surface area contributed by atoms with Crippen LogP contribution < -0.4 is 9.47 Å². The van der Waals surface area contributed by atoms with Gasteiger partial charge in [0.05, 0.1) is 0 Å². The number of hydrogen-bond donors (Lipinski definition) is 0. The van der Waals surface area contributed by atoms with Crippen LogP contribution in [0, 0.1) is 0 Å². The van der Waals surface area contributed by atoms with Gasteiger partial charge in [0.2, 0.25) is 0 Å². The van der Waals surface area contributed by atoms with Gasteiger partial charge in [0.15, 0.2) is 13.5 Å². The van der Waals surface area contributed by atoms with Gasteiger partial charge in [0.1, 0.15) is 11.5 Å². The largest absolute Gasteiger partial charge is 0.477 e. The van der Waals surface area contributed by atoms with Crippen molar-refractivity contribution in [3.63, 3.8) is 0 Å². The van der Waals surface area contributed by atoms with E-state index in [0.29, 0.717) is 13.5 Å². The first-order valence-corrected chi connectivity index (χ1v) is 8.30. The van der Waals surface area contributed by atoms with E-state index < -0.39 is 0 Å². The Hall–Kier alpha value is -0.320. The number of ether oxygens (including phenoxy) is 2. The normalized spacial score (nSPS) is 19.1. The Balaban J connectivity index is 1.95. The van der Waals surface area contributed by atoms with Crippen LogP contribution in [0.5, 0.6) is 11.5 Å². The van der Waals surface area contributed by atoms with Crippen molar-refractivity contribution in [2.24, 2.45) is 0 Å². The van der Waals surface area contributed by atoms with Crippen molar-refractivity contribution in [2.75, 3.05) is 13.5 Å². The molecule has 0 saturated heterocycles. The van der Waals surface area contributed by atoms with Gasteiger partial charge in [0.25, 0.3) is 0 Å². The van der Waals surface area contributed by atoms with E-state index in [1.807, 2.05) is 0 Å². The molecule has 0 saturated carbocycles. The van der Waals surface area contributed by atoms with Gasteiger partial charge in [-0.2, -0.15) is 0 Å². The molecule has 20 heavy (non-hydrogen) atoms. The summed E-state index contributed by atoms with van der Waals surface area (Å²) in [6.45, 7) is 3.13. The van der Waals surface area contributed by atoms with Gasteiger partial charge in [-0.3, -0.25) is 0 Å². The molecular weight excluding hydrogens is 482 g/mol. The van der Waals surface area contributed by atoms with E-state index >= 15 is 0 Å². The van der Waals surface area contributed by atoms with Crippen LogP contribution in [0.1, 0.15) is 11.1 Å². The molecule has 2 aliphatic rings. The van der Waals surface area contributed by atoms with Crippen molar-refractivity contribution < 1.29 is 9.47 Å². The molecule has 0 aromatic heterocycles. The number of nitrogens with zero attached hydrogens (tertiary/aromatic N) is 2. The van der Waals surface area contributed by atoms with Crippen LogP contribution >= 0.6 is 45.7 Å². The van der Waals surface area contributed by atoms with Gasteiger partial charge >= 0.3 is 0 Å². The van der Waals surface area contributed by atoms with Crippen LogP contribution in [0.4, 0.5) is 0 Å². The number of benzene rings is 2. The monoisotopic (exact) mass is 494 g/mol. The summed E-state index contributed by atoms with van der Waals surface area (Å²) in [7, 11) is 0. The van der Waals surface area contributed by atoms with E-state index in [0.717, 1.165) is 24.6 Å². The van der Waals surface area contributed by atoms with E-state index in [2.05, 4.69) is 76.2 Å². The Kier molecular flexibility index (Phi) is 3.44. The summed E-state index contributed by atoms with van der Waals surface area (Å²) in [5.74, 6) is 2.02. The van der Waals surface area contributed by atoms with Gasteiger partial charge in [-0.05, 0) is 22.9 Å². The SMILES string of the molecule is IN1COc2ccc3c4c(ccc3c2C1)OCN(I)C4. The first-order valence-electron chi connectivity index (χ1n) is 6.37. The molecule has 0 bridgehead atoms. The van der Waals surface area contributed by atoms with E-state index in [4.69, 9.17) is 9.47 Å². The second-order valence-electron chi connectivity index (χ2n) is 4.97. The first-order chi connectivity index (χ1) is 9.72. The first kappa shape index (κ1) is 13.4. The highest BCUT2D eigenvalue weighted by Crippen LogP contribution is 2.39. The average Bonchev–Trinajstić information content (AvgIpc) is 2.46. The lowest BCUT2D eigenvalue weighted by Gasteiger charge is -2.28. The topological polar surface area (TPSA) is 24.9 Å². The molecule has 2 heterocycles. The zero-order valence-corrected chi connectivity index (χ0v) is 14.9. The highest BCUT2D eigenvalue weighted by Gasteiger charge is 2.22. The van der Waals surface area contributed by atoms with Crippen LogP contribution in [0.25, 0.3) is 10.8 Å². The molecule has 2 aromatic rings. The minimum absolute atomic E-state index is 0.647. The molecule has 4 nitrogen and oxygen atoms in total.